The molecule has 1 aliphatic rings. The maximum atomic E-state index is 13.4. The van der Waals surface area contributed by atoms with E-state index in [9.17, 15) is 17.6 Å². The number of alkyl halides is 3. The van der Waals surface area contributed by atoms with Crippen LogP contribution in [0.1, 0.15) is 22.8 Å². The first-order valence-corrected chi connectivity index (χ1v) is 7.70. The van der Waals surface area contributed by atoms with Gasteiger partial charge in [-0.2, -0.15) is 13.2 Å². The van der Waals surface area contributed by atoms with Gasteiger partial charge in [0.1, 0.15) is 11.9 Å². The van der Waals surface area contributed by atoms with Gasteiger partial charge in [-0.05, 0) is 35.4 Å². The standard InChI is InChI=1S/C17H14ClF4NO.ClH/c18-11-3-1-10(2-4-11)16(24-13-8-23-9-13)14-6-5-12(19)7-15(14)17(20,21)22;/h1-7,13,16,23H,8-9H2;1H. The van der Waals surface area contributed by atoms with Crippen LogP contribution in [0.3, 0.4) is 0 Å². The second-order valence-electron chi connectivity index (χ2n) is 5.58. The van der Waals surface area contributed by atoms with Crippen molar-refractivity contribution in [1.29, 1.82) is 0 Å². The number of benzene rings is 2. The molecule has 136 valence electrons. The van der Waals surface area contributed by atoms with Crippen molar-refractivity contribution in [1.82, 2.24) is 5.32 Å². The average molecular weight is 396 g/mol. The van der Waals surface area contributed by atoms with Crippen LogP contribution < -0.4 is 5.32 Å². The largest absolute Gasteiger partial charge is 0.416 e. The van der Waals surface area contributed by atoms with E-state index in [1.807, 2.05) is 0 Å². The quantitative estimate of drug-likeness (QED) is 0.735. The fourth-order valence-corrected chi connectivity index (χ4v) is 2.65. The van der Waals surface area contributed by atoms with Gasteiger partial charge < -0.3 is 10.1 Å². The molecule has 1 atom stereocenters. The maximum absolute atomic E-state index is 13.4. The summed E-state index contributed by atoms with van der Waals surface area (Å²) in [5.41, 5.74) is -0.615. The van der Waals surface area contributed by atoms with Crippen LogP contribution in [-0.2, 0) is 10.9 Å². The molecule has 0 amide bonds. The minimum Gasteiger partial charge on any atom is -0.363 e. The van der Waals surface area contributed by atoms with Crippen molar-refractivity contribution in [2.24, 2.45) is 0 Å². The molecule has 0 bridgehead atoms. The summed E-state index contributed by atoms with van der Waals surface area (Å²) in [6.07, 6.45) is -5.83. The highest BCUT2D eigenvalue weighted by atomic mass is 35.5. The first-order chi connectivity index (χ1) is 11.3. The molecule has 1 aliphatic heterocycles. The number of hydrogen-bond donors (Lipinski definition) is 1. The van der Waals surface area contributed by atoms with Crippen LogP contribution in [0.2, 0.25) is 5.02 Å². The summed E-state index contributed by atoms with van der Waals surface area (Å²) in [5, 5.41) is 3.47. The molecule has 1 saturated heterocycles. The molecule has 0 radical (unpaired) electrons. The van der Waals surface area contributed by atoms with Crippen molar-refractivity contribution >= 4 is 24.0 Å². The topological polar surface area (TPSA) is 21.3 Å². The fourth-order valence-electron chi connectivity index (χ4n) is 2.52. The fraction of sp³-hybridized carbons (Fsp3) is 0.294. The number of rotatable bonds is 4. The Morgan fingerprint density at radius 1 is 1.08 bits per heavy atom. The molecule has 0 aromatic heterocycles. The molecule has 0 aliphatic carbocycles. The minimum atomic E-state index is -4.68. The third-order valence-electron chi connectivity index (χ3n) is 3.85. The molecule has 2 aromatic carbocycles. The molecule has 0 saturated carbocycles. The zero-order valence-electron chi connectivity index (χ0n) is 12.8. The second kappa shape index (κ2) is 7.91. The van der Waals surface area contributed by atoms with Gasteiger partial charge in [-0.25, -0.2) is 4.39 Å². The lowest BCUT2D eigenvalue weighted by atomic mass is 9.95. The molecule has 1 fully saturated rings. The first-order valence-electron chi connectivity index (χ1n) is 7.33. The van der Waals surface area contributed by atoms with E-state index in [0.717, 1.165) is 12.1 Å². The Balaban J connectivity index is 0.00000225. The van der Waals surface area contributed by atoms with Crippen LogP contribution >= 0.6 is 24.0 Å². The third-order valence-corrected chi connectivity index (χ3v) is 4.10. The predicted molar refractivity (Wildman–Crippen MR) is 89.7 cm³/mol. The van der Waals surface area contributed by atoms with E-state index < -0.39 is 23.7 Å². The third kappa shape index (κ3) is 4.64. The smallest absolute Gasteiger partial charge is 0.363 e. The van der Waals surface area contributed by atoms with E-state index in [4.69, 9.17) is 16.3 Å². The van der Waals surface area contributed by atoms with Crippen molar-refractivity contribution in [2.45, 2.75) is 18.4 Å². The van der Waals surface area contributed by atoms with Crippen LogP contribution in [0, 0.1) is 5.82 Å². The van der Waals surface area contributed by atoms with Gasteiger partial charge >= 0.3 is 6.18 Å². The lowest BCUT2D eigenvalue weighted by Crippen LogP contribution is -2.49. The van der Waals surface area contributed by atoms with Gasteiger partial charge in [0.15, 0.2) is 0 Å². The van der Waals surface area contributed by atoms with Gasteiger partial charge in [-0.15, -0.1) is 12.4 Å². The second-order valence-corrected chi connectivity index (χ2v) is 6.01. The maximum Gasteiger partial charge on any atom is 0.416 e. The van der Waals surface area contributed by atoms with Gasteiger partial charge in [0.25, 0.3) is 0 Å². The Morgan fingerprint density at radius 3 is 2.24 bits per heavy atom. The Kier molecular flexibility index (Phi) is 6.32. The minimum absolute atomic E-state index is 0. The number of nitrogens with one attached hydrogen (secondary N) is 1. The molecule has 8 heteroatoms. The van der Waals surface area contributed by atoms with E-state index in [1.54, 1.807) is 24.3 Å². The van der Waals surface area contributed by atoms with Crippen molar-refractivity contribution in [3.8, 4) is 0 Å². The normalized spacial score (nSPS) is 16.0. The summed E-state index contributed by atoms with van der Waals surface area (Å²) in [5.74, 6) is -0.939. The van der Waals surface area contributed by atoms with E-state index >= 15 is 0 Å². The van der Waals surface area contributed by atoms with Gasteiger partial charge in [0, 0.05) is 18.1 Å². The Hall–Kier alpha value is -1.34. The number of halogens is 6. The Morgan fingerprint density at radius 2 is 1.72 bits per heavy atom. The summed E-state index contributed by atoms with van der Waals surface area (Å²) in [4.78, 5) is 0. The zero-order chi connectivity index (χ0) is 17.3. The SMILES string of the molecule is Cl.Fc1ccc(C(OC2CNC2)c2ccc(Cl)cc2)c(C(F)(F)F)c1. The zero-order valence-corrected chi connectivity index (χ0v) is 14.4. The molecule has 25 heavy (non-hydrogen) atoms. The summed E-state index contributed by atoms with van der Waals surface area (Å²) < 4.78 is 59.3. The average Bonchev–Trinajstić information content (AvgIpc) is 2.47. The Labute approximate surface area is 153 Å². The predicted octanol–water partition coefficient (Wildman–Crippen LogP) is 5.00. The van der Waals surface area contributed by atoms with Crippen LogP contribution in [0.5, 0.6) is 0 Å². The van der Waals surface area contributed by atoms with Crippen LogP contribution in [0.25, 0.3) is 0 Å². The molecule has 0 spiro atoms. The first kappa shape index (κ1) is 20.0. The van der Waals surface area contributed by atoms with Crippen LogP contribution in [0.4, 0.5) is 17.6 Å². The molecule has 1 N–H and O–H groups in total. The molecule has 1 heterocycles. The van der Waals surface area contributed by atoms with E-state index in [-0.39, 0.29) is 24.1 Å². The summed E-state index contributed by atoms with van der Waals surface area (Å²) in [7, 11) is 0. The van der Waals surface area contributed by atoms with Crippen LogP contribution in [0.15, 0.2) is 42.5 Å². The number of ether oxygens (including phenoxy) is 1. The van der Waals surface area contributed by atoms with Gasteiger partial charge in [-0.3, -0.25) is 0 Å². The van der Waals surface area contributed by atoms with Gasteiger partial charge in [-0.1, -0.05) is 29.8 Å². The van der Waals surface area contributed by atoms with Crippen molar-refractivity contribution < 1.29 is 22.3 Å². The summed E-state index contributed by atoms with van der Waals surface area (Å²) in [6.45, 7) is 1.12. The summed E-state index contributed by atoms with van der Waals surface area (Å²) >= 11 is 5.85. The molecular weight excluding hydrogens is 381 g/mol. The molecule has 1 unspecified atom stereocenters. The van der Waals surface area contributed by atoms with Crippen molar-refractivity contribution in [3.05, 3.63) is 70.0 Å². The summed E-state index contributed by atoms with van der Waals surface area (Å²) in [6, 6.07) is 9.04. The van der Waals surface area contributed by atoms with E-state index in [1.165, 1.54) is 0 Å². The van der Waals surface area contributed by atoms with E-state index in [0.29, 0.717) is 29.7 Å². The molecule has 3 rings (SSSR count). The highest BCUT2D eigenvalue weighted by Gasteiger charge is 2.37. The van der Waals surface area contributed by atoms with Gasteiger partial charge in [0.05, 0.1) is 11.7 Å². The van der Waals surface area contributed by atoms with Crippen LogP contribution in [-0.4, -0.2) is 19.2 Å². The lowest BCUT2D eigenvalue weighted by molar-refractivity contribution is -0.140. The van der Waals surface area contributed by atoms with Crippen molar-refractivity contribution in [2.75, 3.05) is 13.1 Å². The molecular formula is C17H15Cl2F4NO. The van der Waals surface area contributed by atoms with Gasteiger partial charge in [0.2, 0.25) is 0 Å². The number of hydrogen-bond acceptors (Lipinski definition) is 2. The highest BCUT2D eigenvalue weighted by Crippen LogP contribution is 2.39. The molecule has 2 aromatic rings. The lowest BCUT2D eigenvalue weighted by Gasteiger charge is -2.33. The Bertz CT molecular complexity index is 718. The highest BCUT2D eigenvalue weighted by molar-refractivity contribution is 6.30. The van der Waals surface area contributed by atoms with Crippen molar-refractivity contribution in [3.63, 3.8) is 0 Å². The van der Waals surface area contributed by atoms with E-state index in [2.05, 4.69) is 5.32 Å². The monoisotopic (exact) mass is 395 g/mol. The molecule has 2 nitrogen and oxygen atoms in total.